The van der Waals surface area contributed by atoms with Crippen LogP contribution in [0.5, 0.6) is 0 Å². The molecule has 0 atom stereocenters. The van der Waals surface area contributed by atoms with E-state index in [1.54, 1.807) is 7.11 Å². The van der Waals surface area contributed by atoms with Gasteiger partial charge in [0.15, 0.2) is 0 Å². The fourth-order valence-electron chi connectivity index (χ4n) is 0.913. The third-order valence-electron chi connectivity index (χ3n) is 1.61. The Bertz CT molecular complexity index is 233. The molecule has 1 aromatic rings. The molecule has 72 valence electrons. The Labute approximate surface area is 92.4 Å². The number of rotatable bonds is 5. The monoisotopic (exact) mass is 292 g/mol. The Morgan fingerprint density at radius 2 is 1.85 bits per heavy atom. The lowest BCUT2D eigenvalue weighted by molar-refractivity contribution is 0.0616. The van der Waals surface area contributed by atoms with Crippen molar-refractivity contribution in [3.8, 4) is 0 Å². The lowest BCUT2D eigenvalue weighted by atomic mass is 10.2. The molecule has 0 aromatic heterocycles. The molecule has 0 unspecified atom stereocenters. The van der Waals surface area contributed by atoms with Crippen LogP contribution in [-0.4, -0.2) is 20.3 Å². The first kappa shape index (κ1) is 10.9. The third kappa shape index (κ3) is 4.59. The molecule has 0 spiro atoms. The summed E-state index contributed by atoms with van der Waals surface area (Å²) in [5.41, 5.74) is 1.21. The molecular formula is C10H13IO2. The first-order chi connectivity index (χ1) is 6.33. The first-order valence-electron chi connectivity index (χ1n) is 4.14. The van der Waals surface area contributed by atoms with Gasteiger partial charge in [-0.25, -0.2) is 0 Å². The maximum atomic E-state index is 5.37. The second kappa shape index (κ2) is 6.34. The van der Waals surface area contributed by atoms with Gasteiger partial charge in [-0.05, 0) is 40.3 Å². The van der Waals surface area contributed by atoms with E-state index in [1.165, 1.54) is 9.13 Å². The molecule has 0 fully saturated rings. The molecule has 0 aliphatic rings. The summed E-state index contributed by atoms with van der Waals surface area (Å²) in [6.07, 6.45) is 0. The van der Waals surface area contributed by atoms with Crippen molar-refractivity contribution in [2.75, 3.05) is 20.3 Å². The molecule has 3 heteroatoms. The molecule has 13 heavy (non-hydrogen) atoms. The van der Waals surface area contributed by atoms with E-state index >= 15 is 0 Å². The standard InChI is InChI=1S/C10H13IO2/c1-12-6-7-13-8-9-2-4-10(11)5-3-9/h2-5H,6-8H2,1H3. The van der Waals surface area contributed by atoms with Crippen LogP contribution in [0.1, 0.15) is 5.56 Å². The topological polar surface area (TPSA) is 18.5 Å². The van der Waals surface area contributed by atoms with Gasteiger partial charge in [-0.3, -0.25) is 0 Å². The highest BCUT2D eigenvalue weighted by Gasteiger charge is 1.92. The highest BCUT2D eigenvalue weighted by Crippen LogP contribution is 2.07. The van der Waals surface area contributed by atoms with Gasteiger partial charge in [0.1, 0.15) is 0 Å². The van der Waals surface area contributed by atoms with E-state index in [1.807, 2.05) is 0 Å². The molecule has 0 aliphatic heterocycles. The number of halogens is 1. The van der Waals surface area contributed by atoms with Crippen LogP contribution in [0.4, 0.5) is 0 Å². The van der Waals surface area contributed by atoms with E-state index in [0.717, 1.165) is 0 Å². The maximum absolute atomic E-state index is 5.37. The van der Waals surface area contributed by atoms with Crippen molar-refractivity contribution in [3.05, 3.63) is 33.4 Å². The number of benzene rings is 1. The van der Waals surface area contributed by atoms with Gasteiger partial charge in [0.05, 0.1) is 19.8 Å². The number of hydrogen-bond donors (Lipinski definition) is 0. The van der Waals surface area contributed by atoms with Crippen LogP contribution in [0.25, 0.3) is 0 Å². The molecule has 2 nitrogen and oxygen atoms in total. The van der Waals surface area contributed by atoms with Crippen molar-refractivity contribution >= 4 is 22.6 Å². The average Bonchev–Trinajstić information content (AvgIpc) is 2.15. The molecule has 0 radical (unpaired) electrons. The molecule has 0 amide bonds. The number of hydrogen-bond acceptors (Lipinski definition) is 2. The van der Waals surface area contributed by atoms with Crippen LogP contribution in [0, 0.1) is 3.57 Å². The predicted octanol–water partition coefficient (Wildman–Crippen LogP) is 2.45. The fourth-order valence-corrected chi connectivity index (χ4v) is 1.27. The van der Waals surface area contributed by atoms with Gasteiger partial charge in [-0.2, -0.15) is 0 Å². The van der Waals surface area contributed by atoms with Crippen LogP contribution < -0.4 is 0 Å². The van der Waals surface area contributed by atoms with Crippen molar-refractivity contribution in [2.45, 2.75) is 6.61 Å². The van der Waals surface area contributed by atoms with Crippen molar-refractivity contribution in [2.24, 2.45) is 0 Å². The van der Waals surface area contributed by atoms with Gasteiger partial charge in [0.25, 0.3) is 0 Å². The van der Waals surface area contributed by atoms with Crippen molar-refractivity contribution in [3.63, 3.8) is 0 Å². The van der Waals surface area contributed by atoms with Gasteiger partial charge in [0, 0.05) is 10.7 Å². The van der Waals surface area contributed by atoms with Crippen molar-refractivity contribution in [1.29, 1.82) is 0 Å². The van der Waals surface area contributed by atoms with Gasteiger partial charge in [-0.1, -0.05) is 12.1 Å². The Balaban J connectivity index is 2.25. The lowest BCUT2D eigenvalue weighted by Gasteiger charge is -2.03. The predicted molar refractivity (Wildman–Crippen MR) is 60.7 cm³/mol. The fraction of sp³-hybridized carbons (Fsp3) is 0.400. The second-order valence-corrected chi connectivity index (χ2v) is 3.92. The zero-order valence-corrected chi connectivity index (χ0v) is 9.78. The Morgan fingerprint density at radius 1 is 1.15 bits per heavy atom. The normalized spacial score (nSPS) is 10.3. The molecule has 0 saturated heterocycles. The van der Waals surface area contributed by atoms with E-state index < -0.39 is 0 Å². The minimum atomic E-state index is 0.655. The summed E-state index contributed by atoms with van der Waals surface area (Å²) in [4.78, 5) is 0. The van der Waals surface area contributed by atoms with Gasteiger partial charge >= 0.3 is 0 Å². The third-order valence-corrected chi connectivity index (χ3v) is 2.33. The van der Waals surface area contributed by atoms with Crippen LogP contribution in [0.3, 0.4) is 0 Å². The highest BCUT2D eigenvalue weighted by molar-refractivity contribution is 14.1. The van der Waals surface area contributed by atoms with Crippen LogP contribution >= 0.6 is 22.6 Å². The van der Waals surface area contributed by atoms with Gasteiger partial charge in [-0.15, -0.1) is 0 Å². The van der Waals surface area contributed by atoms with Crippen molar-refractivity contribution in [1.82, 2.24) is 0 Å². The van der Waals surface area contributed by atoms with Gasteiger partial charge < -0.3 is 9.47 Å². The Kier molecular flexibility index (Phi) is 5.34. The smallest absolute Gasteiger partial charge is 0.0718 e. The zero-order valence-electron chi connectivity index (χ0n) is 7.63. The second-order valence-electron chi connectivity index (χ2n) is 2.67. The molecule has 0 aliphatic carbocycles. The summed E-state index contributed by atoms with van der Waals surface area (Å²) in [5, 5.41) is 0. The van der Waals surface area contributed by atoms with E-state index in [4.69, 9.17) is 9.47 Å². The summed E-state index contributed by atoms with van der Waals surface area (Å²) in [5.74, 6) is 0. The first-order valence-corrected chi connectivity index (χ1v) is 5.22. The lowest BCUT2D eigenvalue weighted by Crippen LogP contribution is -2.01. The van der Waals surface area contributed by atoms with Crippen molar-refractivity contribution < 1.29 is 9.47 Å². The molecule has 1 aromatic carbocycles. The zero-order chi connectivity index (χ0) is 9.52. The molecule has 0 bridgehead atoms. The quantitative estimate of drug-likeness (QED) is 0.613. The highest BCUT2D eigenvalue weighted by atomic mass is 127. The van der Waals surface area contributed by atoms with Crippen LogP contribution in [0.2, 0.25) is 0 Å². The van der Waals surface area contributed by atoms with Gasteiger partial charge in [0.2, 0.25) is 0 Å². The van der Waals surface area contributed by atoms with E-state index in [-0.39, 0.29) is 0 Å². The Hall–Kier alpha value is -0.130. The molecule has 0 heterocycles. The van der Waals surface area contributed by atoms with Crippen LogP contribution in [0.15, 0.2) is 24.3 Å². The summed E-state index contributed by atoms with van der Waals surface area (Å²) >= 11 is 2.29. The van der Waals surface area contributed by atoms with E-state index in [0.29, 0.717) is 19.8 Å². The molecule has 1 rings (SSSR count). The number of methoxy groups -OCH3 is 1. The average molecular weight is 292 g/mol. The summed E-state index contributed by atoms with van der Waals surface area (Å²) in [7, 11) is 1.67. The largest absolute Gasteiger partial charge is 0.382 e. The van der Waals surface area contributed by atoms with Crippen LogP contribution in [-0.2, 0) is 16.1 Å². The summed E-state index contributed by atoms with van der Waals surface area (Å²) in [6.45, 7) is 1.98. The van der Waals surface area contributed by atoms with E-state index in [9.17, 15) is 0 Å². The molecule has 0 saturated carbocycles. The molecular weight excluding hydrogens is 279 g/mol. The SMILES string of the molecule is COCCOCc1ccc(I)cc1. The minimum Gasteiger partial charge on any atom is -0.382 e. The minimum absolute atomic E-state index is 0.655. The summed E-state index contributed by atoms with van der Waals surface area (Å²) in [6, 6.07) is 8.31. The number of ether oxygens (including phenoxy) is 2. The molecule has 0 N–H and O–H groups in total. The Morgan fingerprint density at radius 3 is 2.46 bits per heavy atom. The van der Waals surface area contributed by atoms with E-state index in [2.05, 4.69) is 46.9 Å². The summed E-state index contributed by atoms with van der Waals surface area (Å²) < 4.78 is 11.5. The maximum Gasteiger partial charge on any atom is 0.0718 e.